The van der Waals surface area contributed by atoms with E-state index in [0.29, 0.717) is 28.3 Å². The third-order valence-corrected chi connectivity index (χ3v) is 5.02. The fourth-order valence-corrected chi connectivity index (χ4v) is 3.70. The lowest BCUT2D eigenvalue weighted by Crippen LogP contribution is -2.11. The highest BCUT2D eigenvalue weighted by Gasteiger charge is 2.19. The molecule has 3 nitrogen and oxygen atoms in total. The predicted molar refractivity (Wildman–Crippen MR) is 105 cm³/mol. The number of H-pyrrole nitrogens is 1. The molecule has 0 spiro atoms. The van der Waals surface area contributed by atoms with Crippen LogP contribution in [0.15, 0.2) is 71.5 Å². The first-order valence-electron chi connectivity index (χ1n) is 8.60. The average Bonchev–Trinajstić information content (AvgIpc) is 2.67. The Kier molecular flexibility index (Phi) is 3.16. The number of ketones is 1. The maximum Gasteiger partial charge on any atom is 0.197 e. The molecule has 1 heterocycles. The fraction of sp³-hybridized carbons (Fsp3) is 0.0435. The standard InChI is InChI=1S/C23H15NO2/c25-22-16-9-2-1-6-14(16)7-5-8-15-12-19-21(13-18(15)22)24-20-11-4-3-10-17(20)23(19)26/h1-6,8-13H,7H2,(H,24,26)/b8-5+. The zero-order valence-corrected chi connectivity index (χ0v) is 14.0. The molecule has 0 radical (unpaired) electrons. The summed E-state index contributed by atoms with van der Waals surface area (Å²) in [6, 6.07) is 18.8. The molecule has 0 bridgehead atoms. The molecular weight excluding hydrogens is 322 g/mol. The molecule has 1 N–H and O–H groups in total. The van der Waals surface area contributed by atoms with Crippen LogP contribution in [-0.2, 0) is 6.42 Å². The molecule has 0 unspecified atom stereocenters. The quantitative estimate of drug-likeness (QED) is 0.481. The van der Waals surface area contributed by atoms with E-state index in [-0.39, 0.29) is 11.2 Å². The van der Waals surface area contributed by atoms with Crippen LogP contribution >= 0.6 is 0 Å². The Hall–Kier alpha value is -3.46. The summed E-state index contributed by atoms with van der Waals surface area (Å²) < 4.78 is 0. The van der Waals surface area contributed by atoms with E-state index in [9.17, 15) is 9.59 Å². The summed E-state index contributed by atoms with van der Waals surface area (Å²) in [6.45, 7) is 0. The number of pyridine rings is 1. The number of fused-ring (bicyclic) bond motifs is 4. The normalized spacial score (nSPS) is 14.5. The smallest absolute Gasteiger partial charge is 0.197 e. The number of allylic oxidation sites excluding steroid dienone is 1. The van der Waals surface area contributed by atoms with Crippen LogP contribution in [-0.4, -0.2) is 10.8 Å². The van der Waals surface area contributed by atoms with Gasteiger partial charge in [0.05, 0.1) is 5.52 Å². The van der Waals surface area contributed by atoms with Crippen LogP contribution in [0.3, 0.4) is 0 Å². The van der Waals surface area contributed by atoms with E-state index in [1.54, 1.807) is 0 Å². The van der Waals surface area contributed by atoms with Gasteiger partial charge in [-0.05, 0) is 41.8 Å². The minimum Gasteiger partial charge on any atom is -0.354 e. The molecule has 1 aromatic heterocycles. The minimum atomic E-state index is -0.0135. The summed E-state index contributed by atoms with van der Waals surface area (Å²) in [6.07, 6.45) is 4.69. The first kappa shape index (κ1) is 14.8. The Balaban J connectivity index is 1.85. The molecule has 4 aromatic rings. The number of hydrogen-bond acceptors (Lipinski definition) is 2. The first-order valence-corrected chi connectivity index (χ1v) is 8.60. The van der Waals surface area contributed by atoms with Gasteiger partial charge in [-0.25, -0.2) is 0 Å². The lowest BCUT2D eigenvalue weighted by molar-refractivity contribution is 0.103. The van der Waals surface area contributed by atoms with E-state index in [1.807, 2.05) is 72.8 Å². The number of carbonyl (C=O) groups excluding carboxylic acids is 1. The summed E-state index contributed by atoms with van der Waals surface area (Å²) in [5.41, 5.74) is 4.60. The third-order valence-electron chi connectivity index (χ3n) is 5.02. The molecule has 0 fully saturated rings. The fourth-order valence-electron chi connectivity index (χ4n) is 3.70. The highest BCUT2D eigenvalue weighted by atomic mass is 16.1. The van der Waals surface area contributed by atoms with Gasteiger partial charge in [-0.1, -0.05) is 48.6 Å². The highest BCUT2D eigenvalue weighted by Crippen LogP contribution is 2.26. The molecule has 0 aliphatic heterocycles. The van der Waals surface area contributed by atoms with Gasteiger partial charge in [-0.3, -0.25) is 9.59 Å². The Labute approximate surface area is 149 Å². The number of hydrogen-bond donors (Lipinski definition) is 1. The van der Waals surface area contributed by atoms with Crippen molar-refractivity contribution in [3.63, 3.8) is 0 Å². The van der Waals surface area contributed by atoms with Crippen LogP contribution in [0.4, 0.5) is 0 Å². The van der Waals surface area contributed by atoms with Crippen LogP contribution in [0.5, 0.6) is 0 Å². The van der Waals surface area contributed by atoms with Crippen molar-refractivity contribution in [3.8, 4) is 0 Å². The Morgan fingerprint density at radius 1 is 0.769 bits per heavy atom. The summed E-state index contributed by atoms with van der Waals surface area (Å²) in [5.74, 6) is -0.00384. The number of aromatic amines is 1. The van der Waals surface area contributed by atoms with Crippen LogP contribution in [0, 0.1) is 0 Å². The number of benzene rings is 3. The van der Waals surface area contributed by atoms with Crippen LogP contribution in [0.25, 0.3) is 27.9 Å². The van der Waals surface area contributed by atoms with Crippen molar-refractivity contribution < 1.29 is 4.79 Å². The molecular formula is C23H15NO2. The molecule has 26 heavy (non-hydrogen) atoms. The van der Waals surface area contributed by atoms with Gasteiger partial charge in [0.25, 0.3) is 0 Å². The molecule has 5 rings (SSSR count). The summed E-state index contributed by atoms with van der Waals surface area (Å²) in [4.78, 5) is 29.3. The molecule has 0 saturated heterocycles. The van der Waals surface area contributed by atoms with E-state index < -0.39 is 0 Å². The number of rotatable bonds is 0. The maximum atomic E-state index is 13.1. The van der Waals surface area contributed by atoms with Crippen LogP contribution in [0.1, 0.15) is 27.0 Å². The largest absolute Gasteiger partial charge is 0.354 e. The van der Waals surface area contributed by atoms with Gasteiger partial charge in [-0.2, -0.15) is 0 Å². The SMILES string of the molecule is O=C1c2cc3[nH]c4ccccc4c(=O)c3cc2/C=C/Cc2ccccc21. The molecule has 0 atom stereocenters. The second-order valence-corrected chi connectivity index (χ2v) is 6.58. The molecule has 0 amide bonds. The van der Waals surface area contributed by atoms with Gasteiger partial charge in [-0.15, -0.1) is 0 Å². The van der Waals surface area contributed by atoms with Crippen molar-refractivity contribution in [2.24, 2.45) is 0 Å². The topological polar surface area (TPSA) is 49.9 Å². The van der Waals surface area contributed by atoms with Gasteiger partial charge in [0, 0.05) is 27.4 Å². The van der Waals surface area contributed by atoms with E-state index in [2.05, 4.69) is 4.98 Å². The zero-order valence-electron chi connectivity index (χ0n) is 14.0. The molecule has 1 aliphatic carbocycles. The number of aromatic nitrogens is 1. The molecule has 0 saturated carbocycles. The predicted octanol–water partition coefficient (Wildman–Crippen LogP) is 4.48. The van der Waals surface area contributed by atoms with Crippen molar-refractivity contribution in [2.75, 3.05) is 0 Å². The van der Waals surface area contributed by atoms with Crippen molar-refractivity contribution in [2.45, 2.75) is 6.42 Å². The third kappa shape index (κ3) is 2.14. The lowest BCUT2D eigenvalue weighted by Gasteiger charge is -2.14. The Morgan fingerprint density at radius 3 is 2.50 bits per heavy atom. The monoisotopic (exact) mass is 337 g/mol. The first-order chi connectivity index (χ1) is 12.7. The van der Waals surface area contributed by atoms with Crippen LogP contribution < -0.4 is 5.43 Å². The molecule has 3 heteroatoms. The summed E-state index contributed by atoms with van der Waals surface area (Å²) >= 11 is 0. The van der Waals surface area contributed by atoms with E-state index >= 15 is 0 Å². The molecule has 124 valence electrons. The van der Waals surface area contributed by atoms with Crippen LogP contribution in [0.2, 0.25) is 0 Å². The summed E-state index contributed by atoms with van der Waals surface area (Å²) in [7, 11) is 0. The second-order valence-electron chi connectivity index (χ2n) is 6.58. The number of para-hydroxylation sites is 1. The number of carbonyl (C=O) groups is 1. The van der Waals surface area contributed by atoms with Crippen molar-refractivity contribution >= 4 is 33.7 Å². The second kappa shape index (κ2) is 5.53. The van der Waals surface area contributed by atoms with Gasteiger partial charge in [0.1, 0.15) is 0 Å². The van der Waals surface area contributed by atoms with E-state index in [0.717, 1.165) is 22.2 Å². The number of nitrogens with one attached hydrogen (secondary N) is 1. The average molecular weight is 337 g/mol. The van der Waals surface area contributed by atoms with Crippen molar-refractivity contribution in [1.29, 1.82) is 0 Å². The Morgan fingerprint density at radius 2 is 1.58 bits per heavy atom. The van der Waals surface area contributed by atoms with E-state index in [4.69, 9.17) is 0 Å². The van der Waals surface area contributed by atoms with Gasteiger partial charge in [0.2, 0.25) is 0 Å². The van der Waals surface area contributed by atoms with Crippen molar-refractivity contribution in [1.82, 2.24) is 4.98 Å². The minimum absolute atomic E-state index is 0.00384. The van der Waals surface area contributed by atoms with Gasteiger partial charge < -0.3 is 4.98 Å². The van der Waals surface area contributed by atoms with Gasteiger partial charge >= 0.3 is 0 Å². The highest BCUT2D eigenvalue weighted by molar-refractivity contribution is 6.14. The maximum absolute atomic E-state index is 13.1. The molecule has 1 aliphatic rings. The van der Waals surface area contributed by atoms with Gasteiger partial charge in [0.15, 0.2) is 11.2 Å². The van der Waals surface area contributed by atoms with E-state index in [1.165, 1.54) is 0 Å². The lowest BCUT2D eigenvalue weighted by atomic mass is 9.90. The molecule has 3 aromatic carbocycles. The van der Waals surface area contributed by atoms with Crippen molar-refractivity contribution in [3.05, 3.63) is 99.2 Å². The Bertz CT molecular complexity index is 1290. The zero-order chi connectivity index (χ0) is 17.7. The summed E-state index contributed by atoms with van der Waals surface area (Å²) in [5, 5.41) is 1.26.